The fraction of sp³-hybridized carbons (Fsp3) is 0.231. The fourth-order valence-electron chi connectivity index (χ4n) is 3.28. The Morgan fingerprint density at radius 1 is 0.867 bits per heavy atom. The highest BCUT2D eigenvalue weighted by atomic mass is 16.2. The standard InChI is InChI=1S/C26H28N2O2/c1-3-20-12-14-21(15-13-20)16-17-25(29)27-19(2)23-10-7-11-24(18-23)28-26(30)22-8-5-4-6-9-22/h4-15,18-19H,3,16-17H2,1-2H3,(H,27,29)(H,28,30). The summed E-state index contributed by atoms with van der Waals surface area (Å²) in [6.45, 7) is 4.08. The molecule has 2 N–H and O–H groups in total. The summed E-state index contributed by atoms with van der Waals surface area (Å²) in [5, 5.41) is 5.96. The van der Waals surface area contributed by atoms with E-state index in [0.29, 0.717) is 17.7 Å². The van der Waals surface area contributed by atoms with Crippen LogP contribution in [0.5, 0.6) is 0 Å². The van der Waals surface area contributed by atoms with Gasteiger partial charge >= 0.3 is 0 Å². The summed E-state index contributed by atoms with van der Waals surface area (Å²) in [5.41, 5.74) is 4.73. The molecule has 0 aliphatic rings. The van der Waals surface area contributed by atoms with Crippen LogP contribution in [0.15, 0.2) is 78.9 Å². The van der Waals surface area contributed by atoms with Crippen molar-refractivity contribution in [2.75, 3.05) is 5.32 Å². The maximum absolute atomic E-state index is 12.4. The lowest BCUT2D eigenvalue weighted by molar-refractivity contribution is -0.121. The number of anilines is 1. The Morgan fingerprint density at radius 3 is 2.27 bits per heavy atom. The summed E-state index contributed by atoms with van der Waals surface area (Å²) in [6.07, 6.45) is 2.18. The molecule has 0 fully saturated rings. The largest absolute Gasteiger partial charge is 0.350 e. The number of amides is 2. The van der Waals surface area contributed by atoms with Crippen LogP contribution < -0.4 is 10.6 Å². The average molecular weight is 401 g/mol. The van der Waals surface area contributed by atoms with Crippen LogP contribution in [0.2, 0.25) is 0 Å². The van der Waals surface area contributed by atoms with Crippen LogP contribution in [0.1, 0.15) is 53.4 Å². The SMILES string of the molecule is CCc1ccc(CCC(=O)NC(C)c2cccc(NC(=O)c3ccccc3)c2)cc1. The van der Waals surface area contributed by atoms with Gasteiger partial charge in [-0.1, -0.05) is 61.5 Å². The summed E-state index contributed by atoms with van der Waals surface area (Å²) in [6, 6.07) is 24.9. The van der Waals surface area contributed by atoms with Gasteiger partial charge in [-0.15, -0.1) is 0 Å². The van der Waals surface area contributed by atoms with E-state index in [2.05, 4.69) is 41.8 Å². The third-order valence-electron chi connectivity index (χ3n) is 5.13. The lowest BCUT2D eigenvalue weighted by atomic mass is 10.0. The Kier molecular flexibility index (Phi) is 7.39. The topological polar surface area (TPSA) is 58.2 Å². The molecule has 0 aliphatic heterocycles. The Hall–Kier alpha value is -3.40. The van der Waals surface area contributed by atoms with E-state index in [-0.39, 0.29) is 17.9 Å². The van der Waals surface area contributed by atoms with Gasteiger partial charge in [0.15, 0.2) is 0 Å². The third-order valence-corrected chi connectivity index (χ3v) is 5.13. The van der Waals surface area contributed by atoms with Crippen LogP contribution in [0.25, 0.3) is 0 Å². The lowest BCUT2D eigenvalue weighted by Gasteiger charge is -2.16. The smallest absolute Gasteiger partial charge is 0.255 e. The molecule has 1 atom stereocenters. The van der Waals surface area contributed by atoms with Gasteiger partial charge in [-0.25, -0.2) is 0 Å². The van der Waals surface area contributed by atoms with Gasteiger partial charge in [-0.05, 0) is 60.7 Å². The first-order valence-corrected chi connectivity index (χ1v) is 10.4. The van der Waals surface area contributed by atoms with Crippen molar-refractivity contribution in [2.45, 2.75) is 39.2 Å². The number of hydrogen-bond donors (Lipinski definition) is 2. The normalized spacial score (nSPS) is 11.5. The van der Waals surface area contributed by atoms with E-state index in [1.54, 1.807) is 12.1 Å². The number of carbonyl (C=O) groups excluding carboxylic acids is 2. The molecule has 1 unspecified atom stereocenters. The van der Waals surface area contributed by atoms with Crippen molar-refractivity contribution in [2.24, 2.45) is 0 Å². The molecule has 3 aromatic rings. The molecule has 3 rings (SSSR count). The molecule has 2 amide bonds. The minimum atomic E-state index is -0.154. The van der Waals surface area contributed by atoms with Crippen LogP contribution in [0.3, 0.4) is 0 Å². The zero-order valence-electron chi connectivity index (χ0n) is 17.5. The average Bonchev–Trinajstić information content (AvgIpc) is 2.78. The van der Waals surface area contributed by atoms with Crippen LogP contribution in [0.4, 0.5) is 5.69 Å². The number of rotatable bonds is 8. The molecule has 0 saturated heterocycles. The molecular weight excluding hydrogens is 372 g/mol. The van der Waals surface area contributed by atoms with E-state index in [1.807, 2.05) is 49.4 Å². The van der Waals surface area contributed by atoms with Crippen LogP contribution in [-0.2, 0) is 17.6 Å². The van der Waals surface area contributed by atoms with Crippen molar-refractivity contribution in [3.8, 4) is 0 Å². The first kappa shape index (κ1) is 21.3. The minimum absolute atomic E-state index is 0.0146. The number of nitrogens with one attached hydrogen (secondary N) is 2. The molecule has 4 heteroatoms. The van der Waals surface area contributed by atoms with E-state index in [0.717, 1.165) is 18.4 Å². The summed E-state index contributed by atoms with van der Waals surface area (Å²) < 4.78 is 0. The molecule has 0 aliphatic carbocycles. The number of benzene rings is 3. The summed E-state index contributed by atoms with van der Waals surface area (Å²) >= 11 is 0. The van der Waals surface area contributed by atoms with Crippen molar-refractivity contribution in [1.82, 2.24) is 5.32 Å². The molecule has 0 spiro atoms. The van der Waals surface area contributed by atoms with Crippen molar-refractivity contribution in [3.63, 3.8) is 0 Å². The van der Waals surface area contributed by atoms with E-state index in [1.165, 1.54) is 11.1 Å². The van der Waals surface area contributed by atoms with Gasteiger partial charge in [0.25, 0.3) is 5.91 Å². The highest BCUT2D eigenvalue weighted by Gasteiger charge is 2.11. The number of carbonyl (C=O) groups is 2. The molecule has 154 valence electrons. The highest BCUT2D eigenvalue weighted by Crippen LogP contribution is 2.18. The van der Waals surface area contributed by atoms with Gasteiger partial charge in [0.2, 0.25) is 5.91 Å². The summed E-state index contributed by atoms with van der Waals surface area (Å²) in [7, 11) is 0. The molecule has 0 bridgehead atoms. The van der Waals surface area contributed by atoms with Crippen LogP contribution in [-0.4, -0.2) is 11.8 Å². The Bertz CT molecular complexity index is 981. The first-order valence-electron chi connectivity index (χ1n) is 10.4. The first-order chi connectivity index (χ1) is 14.5. The molecule has 0 saturated carbocycles. The minimum Gasteiger partial charge on any atom is -0.350 e. The molecule has 3 aromatic carbocycles. The zero-order valence-corrected chi connectivity index (χ0v) is 17.5. The third kappa shape index (κ3) is 6.05. The van der Waals surface area contributed by atoms with Gasteiger partial charge in [-0.2, -0.15) is 0 Å². The van der Waals surface area contributed by atoms with Gasteiger partial charge < -0.3 is 10.6 Å². The van der Waals surface area contributed by atoms with Gasteiger partial charge in [0.1, 0.15) is 0 Å². The Labute approximate surface area is 178 Å². The summed E-state index contributed by atoms with van der Waals surface area (Å²) in [4.78, 5) is 24.7. The Morgan fingerprint density at radius 2 is 1.57 bits per heavy atom. The van der Waals surface area contributed by atoms with Crippen molar-refractivity contribution < 1.29 is 9.59 Å². The predicted molar refractivity (Wildman–Crippen MR) is 122 cm³/mol. The van der Waals surface area contributed by atoms with E-state index in [4.69, 9.17) is 0 Å². The van der Waals surface area contributed by atoms with E-state index >= 15 is 0 Å². The summed E-state index contributed by atoms with van der Waals surface area (Å²) in [5.74, 6) is -0.140. The predicted octanol–water partition coefficient (Wildman–Crippen LogP) is 5.31. The van der Waals surface area contributed by atoms with E-state index in [9.17, 15) is 9.59 Å². The van der Waals surface area contributed by atoms with Gasteiger partial charge in [-0.3, -0.25) is 9.59 Å². The second kappa shape index (κ2) is 10.4. The highest BCUT2D eigenvalue weighted by molar-refractivity contribution is 6.04. The molecule has 0 heterocycles. The fourth-order valence-corrected chi connectivity index (χ4v) is 3.28. The lowest BCUT2D eigenvalue weighted by Crippen LogP contribution is -2.26. The molecule has 30 heavy (non-hydrogen) atoms. The van der Waals surface area contributed by atoms with Crippen molar-refractivity contribution in [1.29, 1.82) is 0 Å². The van der Waals surface area contributed by atoms with Crippen LogP contribution in [0, 0.1) is 0 Å². The van der Waals surface area contributed by atoms with Crippen LogP contribution >= 0.6 is 0 Å². The van der Waals surface area contributed by atoms with Gasteiger partial charge in [0.05, 0.1) is 6.04 Å². The zero-order chi connectivity index (χ0) is 21.3. The Balaban J connectivity index is 1.54. The quantitative estimate of drug-likeness (QED) is 0.538. The molecule has 0 aromatic heterocycles. The molecule has 0 radical (unpaired) electrons. The monoisotopic (exact) mass is 400 g/mol. The van der Waals surface area contributed by atoms with Crippen molar-refractivity contribution in [3.05, 3.63) is 101 Å². The maximum Gasteiger partial charge on any atom is 0.255 e. The maximum atomic E-state index is 12.4. The molecule has 4 nitrogen and oxygen atoms in total. The van der Waals surface area contributed by atoms with E-state index < -0.39 is 0 Å². The van der Waals surface area contributed by atoms with Gasteiger partial charge in [0, 0.05) is 17.7 Å². The second-order valence-electron chi connectivity index (χ2n) is 7.40. The second-order valence-corrected chi connectivity index (χ2v) is 7.40. The number of aryl methyl sites for hydroxylation is 2. The van der Waals surface area contributed by atoms with Crippen molar-refractivity contribution >= 4 is 17.5 Å². The molecular formula is C26H28N2O2. The number of hydrogen-bond acceptors (Lipinski definition) is 2.